The van der Waals surface area contributed by atoms with Crippen LogP contribution in [0, 0.1) is 0 Å². The zero-order chi connectivity index (χ0) is 23.6. The number of fused-ring (bicyclic) bond motifs is 1. The molecule has 2 aromatic carbocycles. The van der Waals surface area contributed by atoms with Crippen LogP contribution >= 0.6 is 18.7 Å². The van der Waals surface area contributed by atoms with E-state index >= 15 is 0 Å². The maximum absolute atomic E-state index is 12.7. The summed E-state index contributed by atoms with van der Waals surface area (Å²) in [6.45, 7) is 5.43. The number of hydrogen-bond acceptors (Lipinski definition) is 7. The molecule has 0 saturated carbocycles. The molecule has 1 aromatic heterocycles. The van der Waals surface area contributed by atoms with Crippen LogP contribution in [0.15, 0.2) is 42.6 Å². The average Bonchev–Trinajstić information content (AvgIpc) is 2.95. The molecule has 0 spiro atoms. The molecule has 2 N–H and O–H groups in total. The fourth-order valence-corrected chi connectivity index (χ4v) is 5.33. The number of nitrogens with zero attached hydrogens (tertiary/aromatic N) is 3. The van der Waals surface area contributed by atoms with Crippen LogP contribution in [0.3, 0.4) is 0 Å². The smallest absolute Gasteiger partial charge is 0.229 e. The van der Waals surface area contributed by atoms with E-state index in [9.17, 15) is 4.57 Å². The minimum Gasteiger partial charge on any atom is -0.495 e. The number of halogens is 1. The monoisotopic (exact) mass is 485 g/mol. The van der Waals surface area contributed by atoms with E-state index in [4.69, 9.17) is 16.3 Å². The van der Waals surface area contributed by atoms with Crippen LogP contribution in [0.1, 0.15) is 17.5 Å². The average molecular weight is 486 g/mol. The number of aryl methyl sites for hydroxylation is 1. The number of benzene rings is 2. The molecule has 4 rings (SSSR count). The third-order valence-corrected chi connectivity index (χ3v) is 7.50. The first kappa shape index (κ1) is 23.6. The van der Waals surface area contributed by atoms with E-state index in [2.05, 4.69) is 44.7 Å². The lowest BCUT2D eigenvalue weighted by Crippen LogP contribution is -2.17. The Bertz CT molecular complexity index is 1210. The minimum atomic E-state index is -2.49. The molecule has 9 heteroatoms. The van der Waals surface area contributed by atoms with E-state index in [1.165, 1.54) is 11.1 Å². The van der Waals surface area contributed by atoms with Gasteiger partial charge in [-0.25, -0.2) is 4.98 Å². The summed E-state index contributed by atoms with van der Waals surface area (Å²) in [4.78, 5) is 11.3. The van der Waals surface area contributed by atoms with Gasteiger partial charge in [-0.3, -0.25) is 0 Å². The van der Waals surface area contributed by atoms with Crippen molar-refractivity contribution in [1.82, 2.24) is 14.9 Å². The van der Waals surface area contributed by atoms with Gasteiger partial charge < -0.3 is 24.8 Å². The summed E-state index contributed by atoms with van der Waals surface area (Å²) in [5.74, 6) is 1.56. The Labute approximate surface area is 199 Å². The molecular weight excluding hydrogens is 457 g/mol. The number of ether oxygens (including phenoxy) is 1. The minimum absolute atomic E-state index is 0.368. The second kappa shape index (κ2) is 9.72. The Kier molecular flexibility index (Phi) is 6.94. The number of nitrogens with one attached hydrogen (secondary N) is 2. The van der Waals surface area contributed by atoms with Gasteiger partial charge in [0.15, 0.2) is 5.82 Å². The Morgan fingerprint density at radius 2 is 1.91 bits per heavy atom. The first-order chi connectivity index (χ1) is 15.7. The molecule has 33 heavy (non-hydrogen) atoms. The molecule has 0 atom stereocenters. The Morgan fingerprint density at radius 3 is 2.67 bits per heavy atom. The van der Waals surface area contributed by atoms with Crippen LogP contribution in [0.4, 0.5) is 23.1 Å². The molecule has 0 fully saturated rings. The predicted octanol–water partition coefficient (Wildman–Crippen LogP) is 5.25. The summed E-state index contributed by atoms with van der Waals surface area (Å²) in [6, 6.07) is 11.7. The molecule has 0 unspecified atom stereocenters. The molecule has 174 valence electrons. The van der Waals surface area contributed by atoms with Crippen molar-refractivity contribution in [3.8, 4) is 5.75 Å². The molecule has 1 aliphatic heterocycles. The number of hydrogen-bond donors (Lipinski definition) is 2. The summed E-state index contributed by atoms with van der Waals surface area (Å²) < 4.78 is 18.4. The highest BCUT2D eigenvalue weighted by molar-refractivity contribution is 7.70. The van der Waals surface area contributed by atoms with E-state index < -0.39 is 7.14 Å². The second-order valence-electron chi connectivity index (χ2n) is 8.67. The van der Waals surface area contributed by atoms with E-state index in [-0.39, 0.29) is 0 Å². The maximum Gasteiger partial charge on any atom is 0.229 e. The fraction of sp³-hybridized carbons (Fsp3) is 0.333. The number of anilines is 4. The Morgan fingerprint density at radius 1 is 1.12 bits per heavy atom. The van der Waals surface area contributed by atoms with Crippen LogP contribution in [-0.2, 0) is 17.5 Å². The van der Waals surface area contributed by atoms with Gasteiger partial charge in [-0.1, -0.05) is 23.7 Å². The molecule has 2 heterocycles. The topological polar surface area (TPSA) is 79.4 Å². The molecule has 0 amide bonds. The van der Waals surface area contributed by atoms with Gasteiger partial charge in [0, 0.05) is 11.8 Å². The number of para-hydroxylation sites is 1. The standard InChI is InChI=1S/C24H29ClN5O2P/c1-30-11-7-8-16-13-21(32-2)20(12-17(16)15-30)28-24-26-14-18(25)23(29-24)27-19-9-5-6-10-22(19)33(3,4)31/h5-6,9-10,12-14H,7-8,11,15H2,1-4H3,(H2,26,27,28,29). The number of aromatic nitrogens is 2. The van der Waals surface area contributed by atoms with Gasteiger partial charge in [0.05, 0.1) is 24.7 Å². The van der Waals surface area contributed by atoms with Gasteiger partial charge in [-0.05, 0) is 75.2 Å². The largest absolute Gasteiger partial charge is 0.495 e. The summed E-state index contributed by atoms with van der Waals surface area (Å²) >= 11 is 6.39. The fourth-order valence-electron chi connectivity index (χ4n) is 4.03. The van der Waals surface area contributed by atoms with Crippen molar-refractivity contribution < 1.29 is 9.30 Å². The first-order valence-electron chi connectivity index (χ1n) is 10.8. The lowest BCUT2D eigenvalue weighted by atomic mass is 10.0. The highest BCUT2D eigenvalue weighted by Gasteiger charge is 2.19. The third-order valence-electron chi connectivity index (χ3n) is 5.68. The SMILES string of the molecule is COc1cc2c(cc1Nc1ncc(Cl)c(Nc3ccccc3P(C)(C)=O)n1)CN(C)CCC2. The zero-order valence-corrected chi connectivity index (χ0v) is 21.0. The van der Waals surface area contributed by atoms with Gasteiger partial charge in [0.25, 0.3) is 0 Å². The molecule has 0 aliphatic carbocycles. The van der Waals surface area contributed by atoms with E-state index in [1.807, 2.05) is 24.3 Å². The van der Waals surface area contributed by atoms with Crippen molar-refractivity contribution >= 4 is 47.2 Å². The lowest BCUT2D eigenvalue weighted by molar-refractivity contribution is 0.332. The molecule has 1 aliphatic rings. The van der Waals surface area contributed by atoms with E-state index in [0.717, 1.165) is 42.7 Å². The quantitative estimate of drug-likeness (QED) is 0.461. The zero-order valence-electron chi connectivity index (χ0n) is 19.4. The third kappa shape index (κ3) is 5.49. The number of methoxy groups -OCH3 is 1. The van der Waals surface area contributed by atoms with Crippen LogP contribution in [0.2, 0.25) is 5.02 Å². The predicted molar refractivity (Wildman–Crippen MR) is 137 cm³/mol. The van der Waals surface area contributed by atoms with Crippen molar-refractivity contribution in [2.45, 2.75) is 19.4 Å². The summed E-state index contributed by atoms with van der Waals surface area (Å²) in [7, 11) is 1.31. The van der Waals surface area contributed by atoms with Gasteiger partial charge >= 0.3 is 0 Å². The van der Waals surface area contributed by atoms with E-state index in [0.29, 0.717) is 22.5 Å². The Balaban J connectivity index is 1.65. The van der Waals surface area contributed by atoms with Crippen molar-refractivity contribution in [3.63, 3.8) is 0 Å². The highest BCUT2D eigenvalue weighted by Crippen LogP contribution is 2.39. The van der Waals surface area contributed by atoms with Crippen molar-refractivity contribution in [3.05, 3.63) is 58.7 Å². The van der Waals surface area contributed by atoms with Gasteiger partial charge in [0.1, 0.15) is 17.9 Å². The second-order valence-corrected chi connectivity index (χ2v) is 12.3. The molecular formula is C24H29ClN5O2P. The van der Waals surface area contributed by atoms with Crippen molar-refractivity contribution in [2.24, 2.45) is 0 Å². The van der Waals surface area contributed by atoms with Crippen molar-refractivity contribution in [1.29, 1.82) is 0 Å². The molecule has 0 bridgehead atoms. The Hall–Kier alpha value is -2.60. The highest BCUT2D eigenvalue weighted by atomic mass is 35.5. The van der Waals surface area contributed by atoms with Crippen molar-refractivity contribution in [2.75, 3.05) is 44.7 Å². The van der Waals surface area contributed by atoms with Crippen LogP contribution in [-0.4, -0.2) is 48.9 Å². The summed E-state index contributed by atoms with van der Waals surface area (Å²) in [5, 5.41) is 7.63. The van der Waals surface area contributed by atoms with Gasteiger partial charge in [0.2, 0.25) is 5.95 Å². The lowest BCUT2D eigenvalue weighted by Gasteiger charge is -2.18. The van der Waals surface area contributed by atoms with Crippen LogP contribution in [0.25, 0.3) is 0 Å². The molecule has 7 nitrogen and oxygen atoms in total. The summed E-state index contributed by atoms with van der Waals surface area (Å²) in [6.07, 6.45) is 3.70. The first-order valence-corrected chi connectivity index (χ1v) is 13.8. The number of rotatable bonds is 6. The van der Waals surface area contributed by atoms with Gasteiger partial charge in [-0.15, -0.1) is 0 Å². The van der Waals surface area contributed by atoms with E-state index in [1.54, 1.807) is 26.6 Å². The normalized spacial score (nSPS) is 14.3. The molecule has 0 radical (unpaired) electrons. The summed E-state index contributed by atoms with van der Waals surface area (Å²) in [5.41, 5.74) is 4.08. The van der Waals surface area contributed by atoms with Crippen LogP contribution < -0.4 is 20.7 Å². The molecule has 3 aromatic rings. The van der Waals surface area contributed by atoms with Gasteiger partial charge in [-0.2, -0.15) is 4.98 Å². The van der Waals surface area contributed by atoms with Crippen LogP contribution in [0.5, 0.6) is 5.75 Å². The molecule has 0 saturated heterocycles. The maximum atomic E-state index is 12.7.